The summed E-state index contributed by atoms with van der Waals surface area (Å²) in [5.74, 6) is -1.05. The van der Waals surface area contributed by atoms with Gasteiger partial charge >= 0.3 is 12.0 Å². The SMILES string of the molecule is COCCCC(NC(=O)NCCc1nccs1)C(=O)O. The summed E-state index contributed by atoms with van der Waals surface area (Å²) in [6.07, 6.45) is 3.25. The predicted octanol–water partition coefficient (Wildman–Crippen LogP) is 0.865. The maximum Gasteiger partial charge on any atom is 0.326 e. The molecule has 1 atom stereocenters. The summed E-state index contributed by atoms with van der Waals surface area (Å²) in [6, 6.07) is -1.38. The fraction of sp³-hybridized carbons (Fsp3) is 0.583. The van der Waals surface area contributed by atoms with Crippen LogP contribution in [0.15, 0.2) is 11.6 Å². The number of hydrogen-bond acceptors (Lipinski definition) is 5. The molecular formula is C12H19N3O4S. The molecule has 0 radical (unpaired) electrons. The zero-order valence-corrected chi connectivity index (χ0v) is 12.1. The van der Waals surface area contributed by atoms with Crippen molar-refractivity contribution in [2.75, 3.05) is 20.3 Å². The van der Waals surface area contributed by atoms with Crippen molar-refractivity contribution in [3.63, 3.8) is 0 Å². The van der Waals surface area contributed by atoms with Crippen LogP contribution >= 0.6 is 11.3 Å². The molecule has 0 aliphatic rings. The number of carboxylic acids is 1. The number of ether oxygens (including phenoxy) is 1. The molecule has 1 rings (SSSR count). The van der Waals surface area contributed by atoms with Gasteiger partial charge in [-0.1, -0.05) is 0 Å². The Morgan fingerprint density at radius 2 is 2.35 bits per heavy atom. The molecule has 0 saturated heterocycles. The second-order valence-electron chi connectivity index (χ2n) is 4.10. The van der Waals surface area contributed by atoms with Crippen LogP contribution in [0, 0.1) is 0 Å². The van der Waals surface area contributed by atoms with E-state index >= 15 is 0 Å². The van der Waals surface area contributed by atoms with Gasteiger partial charge in [0.15, 0.2) is 0 Å². The molecule has 20 heavy (non-hydrogen) atoms. The van der Waals surface area contributed by atoms with Crippen molar-refractivity contribution in [2.45, 2.75) is 25.3 Å². The zero-order valence-electron chi connectivity index (χ0n) is 11.3. The van der Waals surface area contributed by atoms with E-state index in [0.717, 1.165) is 5.01 Å². The summed E-state index contributed by atoms with van der Waals surface area (Å²) >= 11 is 1.52. The second-order valence-corrected chi connectivity index (χ2v) is 5.08. The number of aromatic nitrogens is 1. The molecule has 8 heteroatoms. The largest absolute Gasteiger partial charge is 0.480 e. The lowest BCUT2D eigenvalue weighted by atomic mass is 10.1. The minimum atomic E-state index is -1.05. The first-order valence-corrected chi connectivity index (χ1v) is 7.16. The smallest absolute Gasteiger partial charge is 0.326 e. The van der Waals surface area contributed by atoms with Gasteiger partial charge in [0, 0.05) is 38.3 Å². The minimum Gasteiger partial charge on any atom is -0.480 e. The molecule has 7 nitrogen and oxygen atoms in total. The van der Waals surface area contributed by atoms with E-state index in [9.17, 15) is 9.59 Å². The second kappa shape index (κ2) is 9.27. The van der Waals surface area contributed by atoms with Gasteiger partial charge in [-0.3, -0.25) is 0 Å². The van der Waals surface area contributed by atoms with Crippen molar-refractivity contribution < 1.29 is 19.4 Å². The van der Waals surface area contributed by atoms with Crippen molar-refractivity contribution in [1.29, 1.82) is 0 Å². The standard InChI is InChI=1S/C12H19N3O4S/c1-19-7-2-3-9(11(16)17)15-12(18)14-5-4-10-13-6-8-20-10/h6,8-9H,2-5,7H2,1H3,(H,16,17)(H2,14,15,18). The highest BCUT2D eigenvalue weighted by molar-refractivity contribution is 7.09. The van der Waals surface area contributed by atoms with Crippen molar-refractivity contribution >= 4 is 23.3 Å². The molecule has 0 spiro atoms. The molecule has 1 aromatic heterocycles. The Kier molecular flexibility index (Phi) is 7.59. The Morgan fingerprint density at radius 3 is 2.95 bits per heavy atom. The lowest BCUT2D eigenvalue weighted by Crippen LogP contribution is -2.46. The third-order valence-electron chi connectivity index (χ3n) is 2.55. The number of aliphatic carboxylic acids is 1. The van der Waals surface area contributed by atoms with E-state index in [2.05, 4.69) is 15.6 Å². The van der Waals surface area contributed by atoms with E-state index < -0.39 is 18.0 Å². The maximum absolute atomic E-state index is 11.6. The number of carbonyl (C=O) groups is 2. The van der Waals surface area contributed by atoms with Gasteiger partial charge in [-0.15, -0.1) is 11.3 Å². The molecule has 0 aliphatic carbocycles. The molecule has 0 fully saturated rings. The number of methoxy groups -OCH3 is 1. The lowest BCUT2D eigenvalue weighted by Gasteiger charge is -2.14. The average molecular weight is 301 g/mol. The van der Waals surface area contributed by atoms with Crippen LogP contribution in [0.3, 0.4) is 0 Å². The molecular weight excluding hydrogens is 282 g/mol. The quantitative estimate of drug-likeness (QED) is 0.587. The Morgan fingerprint density at radius 1 is 1.55 bits per heavy atom. The normalized spacial score (nSPS) is 11.8. The van der Waals surface area contributed by atoms with E-state index in [1.54, 1.807) is 13.3 Å². The van der Waals surface area contributed by atoms with E-state index in [-0.39, 0.29) is 0 Å². The van der Waals surface area contributed by atoms with Crippen LogP contribution in [0.25, 0.3) is 0 Å². The first-order valence-electron chi connectivity index (χ1n) is 6.28. The van der Waals surface area contributed by atoms with E-state index in [4.69, 9.17) is 9.84 Å². The van der Waals surface area contributed by atoms with Gasteiger partial charge in [0.25, 0.3) is 0 Å². The number of amides is 2. The maximum atomic E-state index is 11.6. The third-order valence-corrected chi connectivity index (χ3v) is 3.39. The number of rotatable bonds is 9. The van der Waals surface area contributed by atoms with Crippen molar-refractivity contribution in [3.8, 4) is 0 Å². The van der Waals surface area contributed by atoms with Gasteiger partial charge in [-0.05, 0) is 12.8 Å². The molecule has 1 aromatic rings. The Labute approximate surface area is 121 Å². The minimum absolute atomic E-state index is 0.336. The summed E-state index contributed by atoms with van der Waals surface area (Å²) in [4.78, 5) is 26.7. The number of urea groups is 1. The fourth-order valence-corrected chi connectivity index (χ4v) is 2.18. The molecule has 0 aromatic carbocycles. The molecule has 112 valence electrons. The molecule has 3 N–H and O–H groups in total. The number of carboxylic acid groups (broad SMARTS) is 1. The third kappa shape index (κ3) is 6.48. The van der Waals surface area contributed by atoms with Crippen LogP contribution in [0.4, 0.5) is 4.79 Å². The van der Waals surface area contributed by atoms with Gasteiger partial charge in [0.2, 0.25) is 0 Å². The number of thiazole rings is 1. The number of nitrogens with one attached hydrogen (secondary N) is 2. The summed E-state index contributed by atoms with van der Waals surface area (Å²) in [5.41, 5.74) is 0. The van der Waals surface area contributed by atoms with Gasteiger partial charge in [-0.2, -0.15) is 0 Å². The van der Waals surface area contributed by atoms with Crippen LogP contribution in [-0.2, 0) is 16.0 Å². The zero-order chi connectivity index (χ0) is 14.8. The first kappa shape index (κ1) is 16.4. The summed E-state index contributed by atoms with van der Waals surface area (Å²) < 4.78 is 4.86. The van der Waals surface area contributed by atoms with Gasteiger partial charge < -0.3 is 20.5 Å². The fourth-order valence-electron chi connectivity index (χ4n) is 1.56. The summed E-state index contributed by atoms with van der Waals surface area (Å²) in [7, 11) is 1.55. The predicted molar refractivity (Wildman–Crippen MR) is 74.9 cm³/mol. The Hall–Kier alpha value is -1.67. The Bertz CT molecular complexity index is 411. The number of carbonyl (C=O) groups excluding carboxylic acids is 1. The van der Waals surface area contributed by atoms with Gasteiger partial charge in [0.05, 0.1) is 5.01 Å². The first-order chi connectivity index (χ1) is 9.63. The van der Waals surface area contributed by atoms with Crippen LogP contribution < -0.4 is 10.6 Å². The monoisotopic (exact) mass is 301 g/mol. The van der Waals surface area contributed by atoms with Crippen molar-refractivity contribution in [1.82, 2.24) is 15.6 Å². The highest BCUT2D eigenvalue weighted by Crippen LogP contribution is 2.03. The van der Waals surface area contributed by atoms with E-state index in [0.29, 0.717) is 32.4 Å². The molecule has 0 aliphatic heterocycles. The molecule has 1 unspecified atom stereocenters. The number of nitrogens with zero attached hydrogens (tertiary/aromatic N) is 1. The van der Waals surface area contributed by atoms with Crippen LogP contribution in [0.5, 0.6) is 0 Å². The van der Waals surface area contributed by atoms with E-state index in [1.807, 2.05) is 5.38 Å². The summed E-state index contributed by atoms with van der Waals surface area (Å²) in [5, 5.41) is 16.9. The van der Waals surface area contributed by atoms with E-state index in [1.165, 1.54) is 11.3 Å². The van der Waals surface area contributed by atoms with Gasteiger partial charge in [0.1, 0.15) is 6.04 Å². The van der Waals surface area contributed by atoms with Crippen LogP contribution in [0.1, 0.15) is 17.8 Å². The van der Waals surface area contributed by atoms with Gasteiger partial charge in [-0.25, -0.2) is 14.6 Å². The molecule has 1 heterocycles. The van der Waals surface area contributed by atoms with Crippen molar-refractivity contribution in [2.24, 2.45) is 0 Å². The molecule has 0 saturated carbocycles. The summed E-state index contributed by atoms with van der Waals surface area (Å²) in [6.45, 7) is 0.890. The highest BCUT2D eigenvalue weighted by Gasteiger charge is 2.19. The topological polar surface area (TPSA) is 101 Å². The lowest BCUT2D eigenvalue weighted by molar-refractivity contribution is -0.139. The average Bonchev–Trinajstić information content (AvgIpc) is 2.91. The molecule has 0 bridgehead atoms. The number of hydrogen-bond donors (Lipinski definition) is 3. The Balaban J connectivity index is 2.24. The highest BCUT2D eigenvalue weighted by atomic mass is 32.1. The van der Waals surface area contributed by atoms with Crippen LogP contribution in [-0.4, -0.2) is 48.4 Å². The van der Waals surface area contributed by atoms with Crippen molar-refractivity contribution in [3.05, 3.63) is 16.6 Å². The molecule has 2 amide bonds. The van der Waals surface area contributed by atoms with Crippen LogP contribution in [0.2, 0.25) is 0 Å².